The SMILES string of the molecule is COCCN1C(=O)[C@@H]2C[C@H](NC(=O)Cc3cccc(F)c3)CN2CCS1(=O)=O. The molecule has 2 amide bonds. The molecular formula is C18H24FN3O5S. The van der Waals surface area contributed by atoms with Crippen molar-refractivity contribution >= 4 is 21.8 Å². The van der Waals surface area contributed by atoms with Crippen molar-refractivity contribution in [3.8, 4) is 0 Å². The number of ether oxygens (including phenoxy) is 1. The van der Waals surface area contributed by atoms with Gasteiger partial charge in [-0.2, -0.15) is 0 Å². The summed E-state index contributed by atoms with van der Waals surface area (Å²) in [7, 11) is -2.22. The van der Waals surface area contributed by atoms with E-state index in [0.29, 0.717) is 18.5 Å². The van der Waals surface area contributed by atoms with Crippen molar-refractivity contribution in [2.24, 2.45) is 0 Å². The Morgan fingerprint density at radius 3 is 2.89 bits per heavy atom. The quantitative estimate of drug-likeness (QED) is 0.691. The van der Waals surface area contributed by atoms with E-state index in [9.17, 15) is 22.4 Å². The van der Waals surface area contributed by atoms with E-state index < -0.39 is 27.8 Å². The maximum Gasteiger partial charge on any atom is 0.253 e. The van der Waals surface area contributed by atoms with Crippen LogP contribution < -0.4 is 5.32 Å². The lowest BCUT2D eigenvalue weighted by Gasteiger charge is -2.23. The molecule has 2 heterocycles. The van der Waals surface area contributed by atoms with Gasteiger partial charge in [0.15, 0.2) is 0 Å². The third-order valence-electron chi connectivity index (χ3n) is 5.02. The van der Waals surface area contributed by atoms with Gasteiger partial charge in [0.2, 0.25) is 15.9 Å². The lowest BCUT2D eigenvalue weighted by atomic mass is 10.1. The number of hydrogen-bond acceptors (Lipinski definition) is 6. The maximum atomic E-state index is 13.3. The summed E-state index contributed by atoms with van der Waals surface area (Å²) < 4.78 is 43.8. The maximum absolute atomic E-state index is 13.3. The van der Waals surface area contributed by atoms with Crippen LogP contribution in [0.4, 0.5) is 4.39 Å². The normalized spacial score (nSPS) is 24.6. The molecule has 2 aliphatic rings. The number of rotatable bonds is 6. The van der Waals surface area contributed by atoms with Crippen molar-refractivity contribution in [2.75, 3.05) is 39.1 Å². The molecule has 0 saturated carbocycles. The highest BCUT2D eigenvalue weighted by molar-refractivity contribution is 7.89. The first-order valence-electron chi connectivity index (χ1n) is 9.11. The number of methoxy groups -OCH3 is 1. The fourth-order valence-electron chi connectivity index (χ4n) is 3.69. The molecule has 28 heavy (non-hydrogen) atoms. The van der Waals surface area contributed by atoms with Crippen LogP contribution in [0.2, 0.25) is 0 Å². The van der Waals surface area contributed by atoms with Crippen LogP contribution in [0, 0.1) is 5.82 Å². The molecule has 2 atom stereocenters. The Morgan fingerprint density at radius 1 is 1.39 bits per heavy atom. The predicted molar refractivity (Wildman–Crippen MR) is 99.4 cm³/mol. The Balaban J connectivity index is 1.63. The Labute approximate surface area is 163 Å². The van der Waals surface area contributed by atoms with E-state index in [1.54, 1.807) is 17.0 Å². The molecule has 0 spiro atoms. The zero-order valence-corrected chi connectivity index (χ0v) is 16.5. The van der Waals surface area contributed by atoms with E-state index in [0.717, 1.165) is 4.31 Å². The summed E-state index contributed by atoms with van der Waals surface area (Å²) in [5.74, 6) is -1.29. The number of sulfonamides is 1. The van der Waals surface area contributed by atoms with Gasteiger partial charge in [-0.1, -0.05) is 12.1 Å². The summed E-state index contributed by atoms with van der Waals surface area (Å²) in [6.45, 7) is 0.752. The van der Waals surface area contributed by atoms with Gasteiger partial charge in [-0.15, -0.1) is 0 Å². The van der Waals surface area contributed by atoms with E-state index >= 15 is 0 Å². The van der Waals surface area contributed by atoms with Crippen molar-refractivity contribution in [3.05, 3.63) is 35.6 Å². The summed E-state index contributed by atoms with van der Waals surface area (Å²) in [6.07, 6.45) is 0.383. The topological polar surface area (TPSA) is 96.0 Å². The minimum Gasteiger partial charge on any atom is -0.383 e. The Hall–Kier alpha value is -2.04. The van der Waals surface area contributed by atoms with Crippen LogP contribution in [0.15, 0.2) is 24.3 Å². The third kappa shape index (κ3) is 4.68. The van der Waals surface area contributed by atoms with Crippen molar-refractivity contribution in [3.63, 3.8) is 0 Å². The molecule has 0 radical (unpaired) electrons. The van der Waals surface area contributed by atoms with E-state index in [2.05, 4.69) is 5.32 Å². The number of nitrogens with zero attached hydrogens (tertiary/aromatic N) is 2. The smallest absolute Gasteiger partial charge is 0.253 e. The number of nitrogens with one attached hydrogen (secondary N) is 1. The van der Waals surface area contributed by atoms with Crippen LogP contribution >= 0.6 is 0 Å². The van der Waals surface area contributed by atoms with Gasteiger partial charge >= 0.3 is 0 Å². The minimum absolute atomic E-state index is 0.0153. The highest BCUT2D eigenvalue weighted by Gasteiger charge is 2.45. The van der Waals surface area contributed by atoms with Crippen molar-refractivity contribution in [2.45, 2.75) is 24.9 Å². The summed E-state index contributed by atoms with van der Waals surface area (Å²) in [6, 6.07) is 4.99. The van der Waals surface area contributed by atoms with Gasteiger partial charge in [-0.05, 0) is 24.1 Å². The molecule has 10 heteroatoms. The van der Waals surface area contributed by atoms with Gasteiger partial charge in [0.1, 0.15) is 5.82 Å². The summed E-state index contributed by atoms with van der Waals surface area (Å²) in [4.78, 5) is 26.9. The molecule has 2 aliphatic heterocycles. The van der Waals surface area contributed by atoms with E-state index in [-0.39, 0.29) is 43.8 Å². The number of carbonyl (C=O) groups excluding carboxylic acids is 2. The number of amides is 2. The van der Waals surface area contributed by atoms with Gasteiger partial charge in [-0.3, -0.25) is 14.5 Å². The lowest BCUT2D eigenvalue weighted by Crippen LogP contribution is -2.45. The molecule has 1 aromatic rings. The molecule has 8 nitrogen and oxygen atoms in total. The first kappa shape index (κ1) is 20.7. The van der Waals surface area contributed by atoms with Crippen molar-refractivity contribution < 1.29 is 27.1 Å². The third-order valence-corrected chi connectivity index (χ3v) is 6.76. The molecule has 1 N–H and O–H groups in total. The van der Waals surface area contributed by atoms with Gasteiger partial charge in [0, 0.05) is 26.2 Å². The number of benzene rings is 1. The average molecular weight is 413 g/mol. The second-order valence-electron chi connectivity index (χ2n) is 7.04. The van der Waals surface area contributed by atoms with Crippen LogP contribution in [0.5, 0.6) is 0 Å². The predicted octanol–water partition coefficient (Wildman–Crippen LogP) is -0.254. The molecule has 0 aromatic heterocycles. The van der Waals surface area contributed by atoms with Crippen LogP contribution in [0.25, 0.3) is 0 Å². The minimum atomic E-state index is -3.67. The van der Waals surface area contributed by atoms with Crippen LogP contribution in [-0.2, 0) is 30.8 Å². The molecule has 0 aliphatic carbocycles. The fourth-order valence-corrected chi connectivity index (χ4v) is 5.13. The number of carbonyl (C=O) groups is 2. The molecule has 0 unspecified atom stereocenters. The Bertz CT molecular complexity index is 847. The highest BCUT2D eigenvalue weighted by Crippen LogP contribution is 2.24. The molecular weight excluding hydrogens is 389 g/mol. The number of hydrogen-bond donors (Lipinski definition) is 1. The van der Waals surface area contributed by atoms with E-state index in [1.165, 1.54) is 19.2 Å². The first-order chi connectivity index (χ1) is 13.3. The molecule has 3 rings (SSSR count). The average Bonchev–Trinajstić information content (AvgIpc) is 2.99. The highest BCUT2D eigenvalue weighted by atomic mass is 32.2. The van der Waals surface area contributed by atoms with Crippen molar-refractivity contribution in [1.82, 2.24) is 14.5 Å². The molecule has 0 bridgehead atoms. The summed E-state index contributed by atoms with van der Waals surface area (Å²) >= 11 is 0. The number of fused-ring (bicyclic) bond motifs is 1. The zero-order chi connectivity index (χ0) is 20.3. The summed E-state index contributed by atoms with van der Waals surface area (Å²) in [5, 5.41) is 2.87. The first-order valence-corrected chi connectivity index (χ1v) is 10.7. The zero-order valence-electron chi connectivity index (χ0n) is 15.6. The molecule has 2 saturated heterocycles. The number of halogens is 1. The Kier molecular flexibility index (Phi) is 6.31. The largest absolute Gasteiger partial charge is 0.383 e. The second-order valence-corrected chi connectivity index (χ2v) is 9.05. The molecule has 154 valence electrons. The standard InChI is InChI=1S/C18H24FN3O5S/c1-27-7-5-22-18(24)16-11-15(12-21(16)6-8-28(22,25)26)20-17(23)10-13-3-2-4-14(19)9-13/h2-4,9,15-16H,5-8,10-12H2,1H3,(H,20,23)/t15-,16-/m0/s1. The lowest BCUT2D eigenvalue weighted by molar-refractivity contribution is -0.131. The van der Waals surface area contributed by atoms with Gasteiger partial charge in [-0.25, -0.2) is 17.1 Å². The van der Waals surface area contributed by atoms with Crippen LogP contribution in [0.1, 0.15) is 12.0 Å². The fraction of sp³-hybridized carbons (Fsp3) is 0.556. The van der Waals surface area contributed by atoms with Crippen molar-refractivity contribution in [1.29, 1.82) is 0 Å². The Morgan fingerprint density at radius 2 is 2.18 bits per heavy atom. The second kappa shape index (κ2) is 8.54. The van der Waals surface area contributed by atoms with E-state index in [1.807, 2.05) is 0 Å². The van der Waals surface area contributed by atoms with Gasteiger partial charge in [0.25, 0.3) is 5.91 Å². The van der Waals surface area contributed by atoms with E-state index in [4.69, 9.17) is 4.74 Å². The van der Waals surface area contributed by atoms with Crippen LogP contribution in [-0.4, -0.2) is 80.6 Å². The van der Waals surface area contributed by atoms with Gasteiger partial charge in [0.05, 0.1) is 31.4 Å². The molecule has 1 aromatic carbocycles. The van der Waals surface area contributed by atoms with Gasteiger partial charge < -0.3 is 10.1 Å². The molecule has 2 fully saturated rings. The summed E-state index contributed by atoms with van der Waals surface area (Å²) in [5.41, 5.74) is 0.568. The monoisotopic (exact) mass is 413 g/mol. The van der Waals surface area contributed by atoms with Crippen LogP contribution in [0.3, 0.4) is 0 Å².